The van der Waals surface area contributed by atoms with E-state index in [1.54, 1.807) is 12.3 Å². The van der Waals surface area contributed by atoms with Crippen molar-refractivity contribution in [2.45, 2.75) is 19.6 Å². The predicted molar refractivity (Wildman–Crippen MR) is 120 cm³/mol. The lowest BCUT2D eigenvalue weighted by Gasteiger charge is -2.06. The van der Waals surface area contributed by atoms with E-state index in [4.69, 9.17) is 9.26 Å². The Balaban J connectivity index is 1.40. The number of hydrogen-bond acceptors (Lipinski definition) is 6. The molecule has 178 valence electrons. The Morgan fingerprint density at radius 3 is 2.57 bits per heavy atom. The van der Waals surface area contributed by atoms with Gasteiger partial charge in [0.25, 0.3) is 5.56 Å². The van der Waals surface area contributed by atoms with Gasteiger partial charge in [0.2, 0.25) is 11.7 Å². The van der Waals surface area contributed by atoms with E-state index in [2.05, 4.69) is 15.2 Å². The molecule has 0 fully saturated rings. The second kappa shape index (κ2) is 8.75. The Hall–Kier alpha value is -4.41. The van der Waals surface area contributed by atoms with Crippen LogP contribution in [0.5, 0.6) is 5.75 Å². The molecule has 5 aromatic rings. The predicted octanol–water partition coefficient (Wildman–Crippen LogP) is 4.68. The molecule has 0 unspecified atom stereocenters. The minimum absolute atomic E-state index is 0.00219. The van der Waals surface area contributed by atoms with Gasteiger partial charge in [-0.05, 0) is 49.4 Å². The van der Waals surface area contributed by atoms with Gasteiger partial charge < -0.3 is 13.8 Å². The summed E-state index contributed by atoms with van der Waals surface area (Å²) in [5.74, 6) is 0.823. The third-order valence-corrected chi connectivity index (χ3v) is 5.29. The Morgan fingerprint density at radius 2 is 1.83 bits per heavy atom. The van der Waals surface area contributed by atoms with E-state index in [1.807, 2.05) is 31.2 Å². The van der Waals surface area contributed by atoms with E-state index in [1.165, 1.54) is 27.4 Å². The second-order valence-electron chi connectivity index (χ2n) is 7.64. The summed E-state index contributed by atoms with van der Waals surface area (Å²) in [6.45, 7) is 2.42. The average molecular weight is 481 g/mol. The molecule has 0 saturated heterocycles. The zero-order valence-electron chi connectivity index (χ0n) is 18.4. The maximum absolute atomic E-state index is 13.0. The summed E-state index contributed by atoms with van der Waals surface area (Å²) in [7, 11) is 0. The third-order valence-electron chi connectivity index (χ3n) is 5.29. The van der Waals surface area contributed by atoms with Crippen molar-refractivity contribution in [3.05, 3.63) is 88.8 Å². The number of aromatic nitrogens is 5. The molecule has 0 aliphatic carbocycles. The first-order chi connectivity index (χ1) is 16.8. The van der Waals surface area contributed by atoms with Gasteiger partial charge in [-0.25, -0.2) is 4.52 Å². The fraction of sp³-hybridized carbons (Fsp3) is 0.167. The van der Waals surface area contributed by atoms with Crippen molar-refractivity contribution in [1.82, 2.24) is 24.3 Å². The molecule has 0 radical (unpaired) electrons. The molecule has 3 heterocycles. The van der Waals surface area contributed by atoms with E-state index in [0.717, 1.165) is 23.4 Å². The van der Waals surface area contributed by atoms with Crippen molar-refractivity contribution in [3.63, 3.8) is 0 Å². The molecular formula is C24H18F3N5O3. The lowest BCUT2D eigenvalue weighted by molar-refractivity contribution is -0.137. The van der Waals surface area contributed by atoms with Gasteiger partial charge >= 0.3 is 6.18 Å². The summed E-state index contributed by atoms with van der Waals surface area (Å²) in [5.41, 5.74) is 0.795. The number of halogens is 3. The maximum Gasteiger partial charge on any atom is 0.416 e. The largest absolute Gasteiger partial charge is 0.494 e. The molecule has 3 aromatic heterocycles. The van der Waals surface area contributed by atoms with Gasteiger partial charge in [0.15, 0.2) is 0 Å². The summed E-state index contributed by atoms with van der Waals surface area (Å²) in [4.78, 5) is 17.2. The molecule has 0 atom stereocenters. The van der Waals surface area contributed by atoms with Crippen LogP contribution in [0.3, 0.4) is 0 Å². The number of alkyl halides is 3. The Labute approximate surface area is 196 Å². The highest BCUT2D eigenvalue weighted by atomic mass is 19.4. The molecule has 0 aliphatic heterocycles. The molecule has 0 bridgehead atoms. The average Bonchev–Trinajstić information content (AvgIpc) is 3.49. The van der Waals surface area contributed by atoms with Gasteiger partial charge in [-0.2, -0.15) is 23.3 Å². The SMILES string of the molecule is CCOc1ccc(-c2cc3c(=O)n(Cc4nc(-c5cccc(C(F)(F)F)c5)no4)ccn3n2)cc1. The zero-order valence-corrected chi connectivity index (χ0v) is 18.4. The van der Waals surface area contributed by atoms with Crippen molar-refractivity contribution in [3.8, 4) is 28.4 Å². The standard InChI is InChI=1S/C24H18F3N5O3/c1-2-34-18-8-6-15(7-9-18)19-13-20-23(33)31(10-11-32(20)29-19)14-21-28-22(30-35-21)16-4-3-5-17(12-16)24(25,26)27/h3-13H,2,14H2,1H3. The van der Waals surface area contributed by atoms with E-state index in [9.17, 15) is 18.0 Å². The number of hydrogen-bond donors (Lipinski definition) is 0. The van der Waals surface area contributed by atoms with Gasteiger partial charge in [0.05, 0.1) is 17.9 Å². The van der Waals surface area contributed by atoms with E-state index >= 15 is 0 Å². The monoisotopic (exact) mass is 481 g/mol. The van der Waals surface area contributed by atoms with E-state index < -0.39 is 11.7 Å². The van der Waals surface area contributed by atoms with Crippen LogP contribution in [0, 0.1) is 0 Å². The summed E-state index contributed by atoms with van der Waals surface area (Å²) < 4.78 is 52.5. The maximum atomic E-state index is 13.0. The summed E-state index contributed by atoms with van der Waals surface area (Å²) >= 11 is 0. The van der Waals surface area contributed by atoms with Crippen LogP contribution in [0.15, 0.2) is 76.3 Å². The lowest BCUT2D eigenvalue weighted by Crippen LogP contribution is -2.21. The molecule has 11 heteroatoms. The highest BCUT2D eigenvalue weighted by Gasteiger charge is 2.30. The van der Waals surface area contributed by atoms with Crippen LogP contribution in [0.1, 0.15) is 18.4 Å². The quantitative estimate of drug-likeness (QED) is 0.350. The van der Waals surface area contributed by atoms with Gasteiger partial charge in [0.1, 0.15) is 17.8 Å². The van der Waals surface area contributed by atoms with Gasteiger partial charge in [-0.1, -0.05) is 17.3 Å². The summed E-state index contributed by atoms with van der Waals surface area (Å²) in [6.07, 6.45) is -1.34. The summed E-state index contributed by atoms with van der Waals surface area (Å²) in [6, 6.07) is 13.7. The molecular weight excluding hydrogens is 463 g/mol. The molecule has 2 aromatic carbocycles. The molecule has 8 nitrogen and oxygen atoms in total. The Bertz CT molecular complexity index is 1550. The summed E-state index contributed by atoms with van der Waals surface area (Å²) in [5, 5.41) is 8.22. The molecule has 5 rings (SSSR count). The van der Waals surface area contributed by atoms with E-state index in [0.29, 0.717) is 17.8 Å². The van der Waals surface area contributed by atoms with Crippen LogP contribution in [0.25, 0.3) is 28.2 Å². The smallest absolute Gasteiger partial charge is 0.416 e. The number of ether oxygens (including phenoxy) is 1. The normalized spacial score (nSPS) is 11.8. The van der Waals surface area contributed by atoms with Crippen LogP contribution in [0.4, 0.5) is 13.2 Å². The lowest BCUT2D eigenvalue weighted by atomic mass is 10.1. The minimum atomic E-state index is -4.49. The first-order valence-electron chi connectivity index (χ1n) is 10.6. The van der Waals surface area contributed by atoms with Crippen LogP contribution in [-0.4, -0.2) is 30.9 Å². The Morgan fingerprint density at radius 1 is 1.03 bits per heavy atom. The minimum Gasteiger partial charge on any atom is -0.494 e. The first-order valence-corrected chi connectivity index (χ1v) is 10.6. The van der Waals surface area contributed by atoms with Crippen molar-refractivity contribution < 1.29 is 22.4 Å². The second-order valence-corrected chi connectivity index (χ2v) is 7.64. The highest BCUT2D eigenvalue weighted by Crippen LogP contribution is 2.31. The van der Waals surface area contributed by atoms with Gasteiger partial charge in [-0.15, -0.1) is 0 Å². The number of nitrogens with zero attached hydrogens (tertiary/aromatic N) is 5. The van der Waals surface area contributed by atoms with Crippen LogP contribution >= 0.6 is 0 Å². The number of rotatable bonds is 6. The van der Waals surface area contributed by atoms with Gasteiger partial charge in [-0.3, -0.25) is 4.79 Å². The highest BCUT2D eigenvalue weighted by molar-refractivity contribution is 5.66. The van der Waals surface area contributed by atoms with E-state index in [-0.39, 0.29) is 29.4 Å². The first kappa shape index (κ1) is 22.4. The topological polar surface area (TPSA) is 87.5 Å². The molecule has 0 N–H and O–H groups in total. The molecule has 0 aliphatic rings. The Kier molecular flexibility index (Phi) is 5.59. The molecule has 0 spiro atoms. The van der Waals surface area contributed by atoms with Crippen LogP contribution in [0.2, 0.25) is 0 Å². The van der Waals surface area contributed by atoms with Crippen LogP contribution in [-0.2, 0) is 12.7 Å². The number of fused-ring (bicyclic) bond motifs is 1. The zero-order chi connectivity index (χ0) is 24.6. The number of benzene rings is 2. The molecule has 0 saturated carbocycles. The van der Waals surface area contributed by atoms with Crippen molar-refractivity contribution in [2.24, 2.45) is 0 Å². The van der Waals surface area contributed by atoms with Crippen LogP contribution < -0.4 is 10.3 Å². The van der Waals surface area contributed by atoms with Crippen molar-refractivity contribution in [2.75, 3.05) is 6.61 Å². The van der Waals surface area contributed by atoms with Crippen molar-refractivity contribution >= 4 is 5.52 Å². The fourth-order valence-electron chi connectivity index (χ4n) is 3.60. The molecule has 35 heavy (non-hydrogen) atoms. The van der Waals surface area contributed by atoms with Crippen molar-refractivity contribution in [1.29, 1.82) is 0 Å². The third kappa shape index (κ3) is 4.52. The van der Waals surface area contributed by atoms with Gasteiger partial charge in [0, 0.05) is 23.5 Å². The fourth-order valence-corrected chi connectivity index (χ4v) is 3.60. The molecule has 0 amide bonds.